The third kappa shape index (κ3) is 4.51. The summed E-state index contributed by atoms with van der Waals surface area (Å²) in [4.78, 5) is 30.3. The Kier molecular flexibility index (Phi) is 5.77. The number of carbonyl (C=O) groups excluding carboxylic acids is 1. The van der Waals surface area contributed by atoms with Crippen molar-refractivity contribution in [3.63, 3.8) is 0 Å². The van der Waals surface area contributed by atoms with Crippen molar-refractivity contribution in [3.05, 3.63) is 97.1 Å². The number of aromatic nitrogens is 4. The van der Waals surface area contributed by atoms with E-state index in [0.717, 1.165) is 27.9 Å². The van der Waals surface area contributed by atoms with E-state index in [0.29, 0.717) is 22.9 Å². The number of hydrogen-bond donors (Lipinski definition) is 2. The molecule has 8 heteroatoms. The first-order chi connectivity index (χ1) is 16.7. The minimum atomic E-state index is -0.248. The predicted octanol–water partition coefficient (Wildman–Crippen LogP) is 5.09. The number of methoxy groups -OCH3 is 1. The molecule has 1 amide bonds. The highest BCUT2D eigenvalue weighted by Gasteiger charge is 2.13. The third-order valence-electron chi connectivity index (χ3n) is 5.13. The summed E-state index contributed by atoms with van der Waals surface area (Å²) in [7, 11) is 1.62. The van der Waals surface area contributed by atoms with E-state index in [4.69, 9.17) is 14.7 Å². The van der Waals surface area contributed by atoms with Crippen molar-refractivity contribution in [3.8, 4) is 17.1 Å². The maximum absolute atomic E-state index is 12.6. The Balaban J connectivity index is 1.57. The first-order valence-electron chi connectivity index (χ1n) is 10.5. The molecular weight excluding hydrogens is 428 g/mol. The van der Waals surface area contributed by atoms with E-state index in [9.17, 15) is 4.79 Å². The highest BCUT2D eigenvalue weighted by molar-refractivity contribution is 6.05. The fourth-order valence-corrected chi connectivity index (χ4v) is 3.46. The van der Waals surface area contributed by atoms with Crippen LogP contribution in [0.15, 0.2) is 91.5 Å². The number of ether oxygens (including phenoxy) is 1. The molecule has 5 rings (SSSR count). The van der Waals surface area contributed by atoms with E-state index in [1.54, 1.807) is 37.8 Å². The van der Waals surface area contributed by atoms with Crippen LogP contribution in [0.4, 0.5) is 17.2 Å². The van der Waals surface area contributed by atoms with E-state index in [1.807, 2.05) is 54.6 Å². The molecule has 3 heterocycles. The first-order valence-corrected chi connectivity index (χ1v) is 10.5. The van der Waals surface area contributed by atoms with Gasteiger partial charge in [-0.3, -0.25) is 14.8 Å². The van der Waals surface area contributed by atoms with Crippen molar-refractivity contribution in [2.45, 2.75) is 0 Å². The first kappa shape index (κ1) is 21.0. The van der Waals surface area contributed by atoms with Gasteiger partial charge in [-0.1, -0.05) is 6.07 Å². The quantitative estimate of drug-likeness (QED) is 0.373. The van der Waals surface area contributed by atoms with Crippen LogP contribution in [-0.2, 0) is 0 Å². The molecule has 3 aromatic heterocycles. The topological polar surface area (TPSA) is 102 Å². The number of rotatable bonds is 6. The lowest BCUT2D eigenvalue weighted by atomic mass is 10.1. The number of nitrogens with one attached hydrogen (secondary N) is 2. The van der Waals surface area contributed by atoms with Crippen LogP contribution in [0.5, 0.6) is 5.75 Å². The fraction of sp³-hybridized carbons (Fsp3) is 0.0385. The Hall–Kier alpha value is -4.85. The van der Waals surface area contributed by atoms with Crippen molar-refractivity contribution in [2.24, 2.45) is 0 Å². The van der Waals surface area contributed by atoms with Crippen molar-refractivity contribution in [2.75, 3.05) is 17.7 Å². The molecule has 0 aliphatic carbocycles. The van der Waals surface area contributed by atoms with Crippen LogP contribution < -0.4 is 15.4 Å². The van der Waals surface area contributed by atoms with Gasteiger partial charge in [0, 0.05) is 53.2 Å². The van der Waals surface area contributed by atoms with Crippen molar-refractivity contribution < 1.29 is 9.53 Å². The fourth-order valence-electron chi connectivity index (χ4n) is 3.46. The molecule has 0 aliphatic heterocycles. The van der Waals surface area contributed by atoms with Crippen molar-refractivity contribution in [1.82, 2.24) is 19.9 Å². The summed E-state index contributed by atoms with van der Waals surface area (Å²) in [6, 6.07) is 20.3. The highest BCUT2D eigenvalue weighted by atomic mass is 16.5. The maximum atomic E-state index is 12.6. The third-order valence-corrected chi connectivity index (χ3v) is 5.13. The molecule has 2 aromatic carbocycles. The molecule has 0 saturated carbocycles. The molecule has 0 fully saturated rings. The van der Waals surface area contributed by atoms with E-state index in [-0.39, 0.29) is 5.91 Å². The number of amides is 1. The van der Waals surface area contributed by atoms with Crippen molar-refractivity contribution in [1.29, 1.82) is 0 Å². The van der Waals surface area contributed by atoms with Gasteiger partial charge in [0.05, 0.1) is 18.2 Å². The number of hydrogen-bond acceptors (Lipinski definition) is 7. The molecule has 8 nitrogen and oxygen atoms in total. The largest absolute Gasteiger partial charge is 0.497 e. The molecule has 166 valence electrons. The summed E-state index contributed by atoms with van der Waals surface area (Å²) < 4.78 is 5.34. The Morgan fingerprint density at radius 1 is 0.853 bits per heavy atom. The monoisotopic (exact) mass is 448 g/mol. The zero-order chi connectivity index (χ0) is 23.3. The predicted molar refractivity (Wildman–Crippen MR) is 131 cm³/mol. The van der Waals surface area contributed by atoms with Gasteiger partial charge in [0.1, 0.15) is 11.6 Å². The van der Waals surface area contributed by atoms with Gasteiger partial charge in [-0.05, 0) is 54.6 Å². The van der Waals surface area contributed by atoms with E-state index in [1.165, 1.54) is 6.20 Å². The molecule has 0 aliphatic rings. The van der Waals surface area contributed by atoms with Gasteiger partial charge < -0.3 is 15.4 Å². The number of fused-ring (bicyclic) bond motifs is 1. The number of anilines is 3. The Morgan fingerprint density at radius 3 is 2.47 bits per heavy atom. The molecule has 2 N–H and O–H groups in total. The summed E-state index contributed by atoms with van der Waals surface area (Å²) in [6.07, 6.45) is 6.58. The lowest BCUT2D eigenvalue weighted by molar-refractivity contribution is 0.102. The van der Waals surface area contributed by atoms with Gasteiger partial charge >= 0.3 is 0 Å². The Morgan fingerprint density at radius 2 is 1.71 bits per heavy atom. The molecule has 34 heavy (non-hydrogen) atoms. The van der Waals surface area contributed by atoms with Crippen LogP contribution >= 0.6 is 0 Å². The van der Waals surface area contributed by atoms with Crippen LogP contribution in [0, 0.1) is 0 Å². The second kappa shape index (κ2) is 9.33. The number of carbonyl (C=O) groups is 1. The van der Waals surface area contributed by atoms with Gasteiger partial charge in [-0.2, -0.15) is 0 Å². The molecule has 0 radical (unpaired) electrons. The summed E-state index contributed by atoms with van der Waals surface area (Å²) in [6.45, 7) is 0. The molecule has 0 spiro atoms. The van der Waals surface area contributed by atoms with Crippen LogP contribution in [0.2, 0.25) is 0 Å². The van der Waals surface area contributed by atoms with E-state index in [2.05, 4.69) is 20.6 Å². The number of benzene rings is 2. The summed E-state index contributed by atoms with van der Waals surface area (Å²) in [5.74, 6) is 1.61. The minimum absolute atomic E-state index is 0.248. The average Bonchev–Trinajstić information content (AvgIpc) is 2.90. The van der Waals surface area contributed by atoms with Crippen LogP contribution in [0.3, 0.4) is 0 Å². The van der Waals surface area contributed by atoms with Gasteiger partial charge in [-0.15, -0.1) is 0 Å². The Labute approximate surface area is 195 Å². The molecular formula is C26H20N6O2. The normalized spacial score (nSPS) is 10.6. The lowest BCUT2D eigenvalue weighted by Gasteiger charge is -2.13. The second-order valence-electron chi connectivity index (χ2n) is 7.42. The standard InChI is InChI=1S/C26H20N6O2/c1-34-21-8-2-7-19(13-21)29-25-22-14-20(30-26(33)18-6-4-12-28-16-18)9-10-23(22)31-24(32-25)17-5-3-11-27-15-17/h2-16H,1H3,(H,30,33)(H,29,31,32). The summed E-state index contributed by atoms with van der Waals surface area (Å²) in [5.41, 5.74) is 3.42. The van der Waals surface area contributed by atoms with Gasteiger partial charge in [0.15, 0.2) is 5.82 Å². The molecule has 0 bridgehead atoms. The summed E-state index contributed by atoms with van der Waals surface area (Å²) >= 11 is 0. The molecule has 0 atom stereocenters. The summed E-state index contributed by atoms with van der Waals surface area (Å²) in [5, 5.41) is 7.03. The zero-order valence-corrected chi connectivity index (χ0v) is 18.3. The molecule has 5 aromatic rings. The second-order valence-corrected chi connectivity index (χ2v) is 7.42. The lowest BCUT2D eigenvalue weighted by Crippen LogP contribution is -2.12. The minimum Gasteiger partial charge on any atom is -0.497 e. The van der Waals surface area contributed by atoms with Gasteiger partial charge in [0.2, 0.25) is 0 Å². The Bertz CT molecular complexity index is 1460. The molecule has 0 unspecified atom stereocenters. The maximum Gasteiger partial charge on any atom is 0.257 e. The zero-order valence-electron chi connectivity index (χ0n) is 18.3. The molecule has 0 saturated heterocycles. The number of nitrogens with zero attached hydrogens (tertiary/aromatic N) is 4. The van der Waals surface area contributed by atoms with Crippen LogP contribution in [-0.4, -0.2) is 33.0 Å². The van der Waals surface area contributed by atoms with E-state index >= 15 is 0 Å². The smallest absolute Gasteiger partial charge is 0.257 e. The van der Waals surface area contributed by atoms with Gasteiger partial charge in [0.25, 0.3) is 5.91 Å². The SMILES string of the molecule is COc1cccc(Nc2nc(-c3cccnc3)nc3ccc(NC(=O)c4cccnc4)cc23)c1. The van der Waals surface area contributed by atoms with Crippen LogP contribution in [0.1, 0.15) is 10.4 Å². The highest BCUT2D eigenvalue weighted by Crippen LogP contribution is 2.30. The average molecular weight is 448 g/mol. The van der Waals surface area contributed by atoms with Gasteiger partial charge in [-0.25, -0.2) is 9.97 Å². The van der Waals surface area contributed by atoms with Crippen molar-refractivity contribution >= 4 is 34.0 Å². The van der Waals surface area contributed by atoms with E-state index < -0.39 is 0 Å². The number of pyridine rings is 2. The van der Waals surface area contributed by atoms with Crippen LogP contribution in [0.25, 0.3) is 22.3 Å².